The Morgan fingerprint density at radius 1 is 1.25 bits per heavy atom. The second-order valence-electron chi connectivity index (χ2n) is 4.76. The van der Waals surface area contributed by atoms with Crippen molar-refractivity contribution < 1.29 is 4.42 Å². The summed E-state index contributed by atoms with van der Waals surface area (Å²) in [6, 6.07) is 4.88. The molecule has 2 unspecified atom stereocenters. The number of rotatable bonds is 7. The zero-order valence-corrected chi connectivity index (χ0v) is 11.0. The molecule has 0 aliphatic rings. The van der Waals surface area contributed by atoms with Crippen LogP contribution >= 0.6 is 0 Å². The van der Waals surface area contributed by atoms with Crippen LogP contribution in [0.3, 0.4) is 0 Å². The summed E-state index contributed by atoms with van der Waals surface area (Å²) in [5.41, 5.74) is 0. The minimum atomic E-state index is 0.309. The second kappa shape index (κ2) is 6.74. The van der Waals surface area contributed by atoms with Crippen LogP contribution in [0.2, 0.25) is 0 Å². The van der Waals surface area contributed by atoms with Crippen molar-refractivity contribution in [2.45, 2.75) is 59.0 Å². The summed E-state index contributed by atoms with van der Waals surface area (Å²) in [4.78, 5) is 0. The first-order valence-electron chi connectivity index (χ1n) is 6.46. The van der Waals surface area contributed by atoms with Crippen LogP contribution < -0.4 is 5.32 Å². The molecule has 0 saturated heterocycles. The van der Waals surface area contributed by atoms with Crippen molar-refractivity contribution >= 4 is 0 Å². The minimum Gasteiger partial charge on any atom is -0.468 e. The molecule has 1 heterocycles. The molecular weight excluding hydrogens is 198 g/mol. The molecular formula is C14H25NO. The molecule has 92 valence electrons. The molecule has 3 atom stereocenters. The van der Waals surface area contributed by atoms with Crippen LogP contribution in [0.25, 0.3) is 0 Å². The van der Waals surface area contributed by atoms with Gasteiger partial charge < -0.3 is 9.73 Å². The topological polar surface area (TPSA) is 25.2 Å². The highest BCUT2D eigenvalue weighted by atomic mass is 16.3. The smallest absolute Gasteiger partial charge is 0.120 e. The molecule has 0 radical (unpaired) electrons. The van der Waals surface area contributed by atoms with Crippen molar-refractivity contribution in [3.63, 3.8) is 0 Å². The highest BCUT2D eigenvalue weighted by molar-refractivity contribution is 5.03. The molecule has 0 aliphatic heterocycles. The summed E-state index contributed by atoms with van der Waals surface area (Å²) in [5.74, 6) is 1.82. The molecule has 2 nitrogen and oxygen atoms in total. The van der Waals surface area contributed by atoms with Crippen molar-refractivity contribution in [3.8, 4) is 0 Å². The van der Waals surface area contributed by atoms with E-state index in [1.807, 2.05) is 12.1 Å². The van der Waals surface area contributed by atoms with E-state index in [2.05, 4.69) is 33.0 Å². The fraction of sp³-hybridized carbons (Fsp3) is 0.714. The van der Waals surface area contributed by atoms with E-state index in [0.717, 1.165) is 11.7 Å². The molecule has 0 amide bonds. The lowest BCUT2D eigenvalue weighted by molar-refractivity contribution is 0.333. The number of hydrogen-bond acceptors (Lipinski definition) is 2. The van der Waals surface area contributed by atoms with Gasteiger partial charge in [-0.15, -0.1) is 0 Å². The van der Waals surface area contributed by atoms with Crippen LogP contribution in [0.15, 0.2) is 22.8 Å². The summed E-state index contributed by atoms with van der Waals surface area (Å²) >= 11 is 0. The van der Waals surface area contributed by atoms with Gasteiger partial charge in [0.2, 0.25) is 0 Å². The van der Waals surface area contributed by atoms with Gasteiger partial charge in [0.25, 0.3) is 0 Å². The average molecular weight is 223 g/mol. The third kappa shape index (κ3) is 4.01. The monoisotopic (exact) mass is 223 g/mol. The highest BCUT2D eigenvalue weighted by Gasteiger charge is 2.15. The van der Waals surface area contributed by atoms with Gasteiger partial charge in [0, 0.05) is 6.04 Å². The number of nitrogens with one attached hydrogen (secondary N) is 1. The van der Waals surface area contributed by atoms with Crippen molar-refractivity contribution in [2.75, 3.05) is 0 Å². The first-order valence-corrected chi connectivity index (χ1v) is 6.46. The van der Waals surface area contributed by atoms with Gasteiger partial charge in [0.1, 0.15) is 5.76 Å². The lowest BCUT2D eigenvalue weighted by Gasteiger charge is -2.23. The van der Waals surface area contributed by atoms with E-state index < -0.39 is 0 Å². The van der Waals surface area contributed by atoms with Crippen molar-refractivity contribution in [1.29, 1.82) is 0 Å². The van der Waals surface area contributed by atoms with E-state index in [4.69, 9.17) is 4.42 Å². The standard InChI is InChI=1S/C14H25NO/c1-5-11(3)10-13(6-2)15-12(4)14-8-7-9-16-14/h7-9,11-13,15H,5-6,10H2,1-4H3/t11?,12-,13?/m1/s1. The maximum atomic E-state index is 5.41. The Bertz CT molecular complexity index is 268. The van der Waals surface area contributed by atoms with Gasteiger partial charge in [0.05, 0.1) is 12.3 Å². The molecule has 0 aliphatic carbocycles. The predicted octanol–water partition coefficient (Wildman–Crippen LogP) is 4.15. The number of furan rings is 1. The van der Waals surface area contributed by atoms with Crippen molar-refractivity contribution in [2.24, 2.45) is 5.92 Å². The maximum Gasteiger partial charge on any atom is 0.120 e. The van der Waals surface area contributed by atoms with E-state index in [1.54, 1.807) is 6.26 Å². The Morgan fingerprint density at radius 3 is 2.50 bits per heavy atom. The molecule has 0 spiro atoms. The summed E-state index contributed by atoms with van der Waals surface area (Å²) in [7, 11) is 0. The zero-order chi connectivity index (χ0) is 12.0. The Labute approximate surface area is 99.4 Å². The second-order valence-corrected chi connectivity index (χ2v) is 4.76. The average Bonchev–Trinajstić information content (AvgIpc) is 2.81. The molecule has 1 aromatic heterocycles. The van der Waals surface area contributed by atoms with Crippen LogP contribution in [0.5, 0.6) is 0 Å². The quantitative estimate of drug-likeness (QED) is 0.751. The van der Waals surface area contributed by atoms with E-state index >= 15 is 0 Å². The normalized spacial score (nSPS) is 17.0. The molecule has 0 fully saturated rings. The molecule has 1 aromatic rings. The first-order chi connectivity index (χ1) is 7.67. The minimum absolute atomic E-state index is 0.309. The van der Waals surface area contributed by atoms with Gasteiger partial charge in [-0.25, -0.2) is 0 Å². The van der Waals surface area contributed by atoms with Crippen LogP contribution in [-0.4, -0.2) is 6.04 Å². The Morgan fingerprint density at radius 2 is 2.00 bits per heavy atom. The van der Waals surface area contributed by atoms with E-state index in [-0.39, 0.29) is 0 Å². The summed E-state index contributed by atoms with van der Waals surface area (Å²) in [5, 5.41) is 3.64. The zero-order valence-electron chi connectivity index (χ0n) is 11.0. The summed E-state index contributed by atoms with van der Waals surface area (Å²) in [6.07, 6.45) is 5.42. The van der Waals surface area contributed by atoms with Crippen LogP contribution in [0, 0.1) is 5.92 Å². The molecule has 16 heavy (non-hydrogen) atoms. The third-order valence-electron chi connectivity index (χ3n) is 3.33. The fourth-order valence-corrected chi connectivity index (χ4v) is 1.98. The molecule has 1 N–H and O–H groups in total. The third-order valence-corrected chi connectivity index (χ3v) is 3.33. The van der Waals surface area contributed by atoms with Gasteiger partial charge in [-0.1, -0.05) is 27.2 Å². The van der Waals surface area contributed by atoms with Gasteiger partial charge in [0.15, 0.2) is 0 Å². The van der Waals surface area contributed by atoms with Crippen LogP contribution in [-0.2, 0) is 0 Å². The molecule has 1 rings (SSSR count). The van der Waals surface area contributed by atoms with E-state index in [9.17, 15) is 0 Å². The van der Waals surface area contributed by atoms with E-state index in [0.29, 0.717) is 12.1 Å². The van der Waals surface area contributed by atoms with E-state index in [1.165, 1.54) is 19.3 Å². The predicted molar refractivity (Wildman–Crippen MR) is 68.4 cm³/mol. The van der Waals surface area contributed by atoms with Gasteiger partial charge >= 0.3 is 0 Å². The lowest BCUT2D eigenvalue weighted by Crippen LogP contribution is -2.32. The number of hydrogen-bond donors (Lipinski definition) is 1. The van der Waals surface area contributed by atoms with Crippen LogP contribution in [0.1, 0.15) is 58.8 Å². The Balaban J connectivity index is 2.43. The molecule has 0 saturated carbocycles. The van der Waals surface area contributed by atoms with Crippen molar-refractivity contribution in [1.82, 2.24) is 5.32 Å². The van der Waals surface area contributed by atoms with Gasteiger partial charge in [-0.05, 0) is 37.8 Å². The first kappa shape index (κ1) is 13.3. The highest BCUT2D eigenvalue weighted by Crippen LogP contribution is 2.18. The SMILES string of the molecule is CCC(C)CC(CC)N[C@H](C)c1ccco1. The Hall–Kier alpha value is -0.760. The lowest BCUT2D eigenvalue weighted by atomic mass is 9.97. The fourth-order valence-electron chi connectivity index (χ4n) is 1.98. The Kier molecular flexibility index (Phi) is 5.61. The van der Waals surface area contributed by atoms with Gasteiger partial charge in [-0.2, -0.15) is 0 Å². The molecule has 0 aromatic carbocycles. The van der Waals surface area contributed by atoms with Gasteiger partial charge in [-0.3, -0.25) is 0 Å². The summed E-state index contributed by atoms with van der Waals surface area (Å²) in [6.45, 7) is 8.99. The maximum absolute atomic E-state index is 5.41. The molecule has 0 bridgehead atoms. The largest absolute Gasteiger partial charge is 0.468 e. The summed E-state index contributed by atoms with van der Waals surface area (Å²) < 4.78 is 5.41. The molecule has 2 heteroatoms. The van der Waals surface area contributed by atoms with Crippen LogP contribution in [0.4, 0.5) is 0 Å². The van der Waals surface area contributed by atoms with Crippen molar-refractivity contribution in [3.05, 3.63) is 24.2 Å².